The van der Waals surface area contributed by atoms with Crippen LogP contribution >= 0.6 is 11.8 Å². The molecule has 1 saturated heterocycles. The zero-order valence-electron chi connectivity index (χ0n) is 17.7. The van der Waals surface area contributed by atoms with Crippen molar-refractivity contribution in [1.29, 1.82) is 0 Å². The van der Waals surface area contributed by atoms with Gasteiger partial charge in [-0.3, -0.25) is 19.7 Å². The lowest BCUT2D eigenvalue weighted by Gasteiger charge is -2.27. The van der Waals surface area contributed by atoms with Gasteiger partial charge in [-0.15, -0.1) is 11.8 Å². The van der Waals surface area contributed by atoms with Gasteiger partial charge in [0.15, 0.2) is 0 Å². The van der Waals surface area contributed by atoms with Gasteiger partial charge in [0, 0.05) is 18.3 Å². The number of amides is 2. The number of carbonyl (C=O) groups excluding carboxylic acids is 3. The van der Waals surface area contributed by atoms with Gasteiger partial charge in [-0.2, -0.15) is 0 Å². The molecule has 0 aromatic rings. The predicted octanol–water partition coefficient (Wildman–Crippen LogP) is 0.764. The highest BCUT2D eigenvalue weighted by Gasteiger charge is 2.37. The molecule has 2 aliphatic rings. The first kappa shape index (κ1) is 24.5. The number of hydrogen-bond donors (Lipinski definition) is 3. The first-order chi connectivity index (χ1) is 14.3. The number of carboxylic acids is 1. The van der Waals surface area contributed by atoms with Crippen LogP contribution in [0.5, 0.6) is 0 Å². The summed E-state index contributed by atoms with van der Waals surface area (Å²) in [6.07, 6.45) is 5.37. The third-order valence-corrected chi connectivity index (χ3v) is 6.49. The Hall–Kier alpha value is -1.81. The van der Waals surface area contributed by atoms with Gasteiger partial charge < -0.3 is 20.1 Å². The third kappa shape index (κ3) is 7.16. The number of rotatable bonds is 11. The third-order valence-electron chi connectivity index (χ3n) is 5.45. The topological polar surface area (TPSA) is 125 Å². The van der Waals surface area contributed by atoms with E-state index in [9.17, 15) is 24.3 Å². The largest absolute Gasteiger partial charge is 0.480 e. The lowest BCUT2D eigenvalue weighted by atomic mass is 10.2. The number of ether oxygens (including phenoxy) is 1. The predicted molar refractivity (Wildman–Crippen MR) is 113 cm³/mol. The van der Waals surface area contributed by atoms with E-state index >= 15 is 0 Å². The fourth-order valence-electron chi connectivity index (χ4n) is 3.95. The van der Waals surface area contributed by atoms with Crippen LogP contribution in [0.3, 0.4) is 0 Å². The van der Waals surface area contributed by atoms with E-state index < -0.39 is 30.1 Å². The smallest absolute Gasteiger partial charge is 0.326 e. The molecule has 0 spiro atoms. The van der Waals surface area contributed by atoms with Crippen molar-refractivity contribution >= 4 is 35.5 Å². The molecule has 2 rings (SSSR count). The number of thioether (sulfide) groups is 1. The highest BCUT2D eigenvalue weighted by atomic mass is 32.2. The molecule has 1 aliphatic heterocycles. The minimum Gasteiger partial charge on any atom is -0.480 e. The van der Waals surface area contributed by atoms with Crippen molar-refractivity contribution in [2.24, 2.45) is 0 Å². The highest BCUT2D eigenvalue weighted by Crippen LogP contribution is 2.19. The van der Waals surface area contributed by atoms with Crippen molar-refractivity contribution < 1.29 is 29.0 Å². The van der Waals surface area contributed by atoms with E-state index in [0.29, 0.717) is 19.4 Å². The van der Waals surface area contributed by atoms with Crippen LogP contribution < -0.4 is 10.6 Å². The lowest BCUT2D eigenvalue weighted by Crippen LogP contribution is -2.54. The molecule has 0 radical (unpaired) electrons. The van der Waals surface area contributed by atoms with Crippen LogP contribution in [0.2, 0.25) is 0 Å². The minimum absolute atomic E-state index is 0.0556. The summed E-state index contributed by atoms with van der Waals surface area (Å²) in [5.74, 6) is -1.41. The number of hydrogen-bond acceptors (Lipinski definition) is 7. The van der Waals surface area contributed by atoms with Crippen molar-refractivity contribution in [3.63, 3.8) is 0 Å². The molecule has 3 N–H and O–H groups in total. The maximum atomic E-state index is 12.7. The van der Waals surface area contributed by atoms with E-state index in [1.807, 2.05) is 0 Å². The molecule has 0 aromatic heterocycles. The van der Waals surface area contributed by atoms with E-state index in [1.54, 1.807) is 13.8 Å². The number of esters is 1. The summed E-state index contributed by atoms with van der Waals surface area (Å²) in [7, 11) is 0. The van der Waals surface area contributed by atoms with Gasteiger partial charge in [0.25, 0.3) is 0 Å². The molecule has 10 heteroatoms. The number of nitrogens with one attached hydrogen (secondary N) is 2. The Kier molecular flexibility index (Phi) is 9.90. The molecule has 170 valence electrons. The van der Waals surface area contributed by atoms with Crippen LogP contribution in [0.4, 0.5) is 0 Å². The van der Waals surface area contributed by atoms with E-state index in [0.717, 1.165) is 25.7 Å². The van der Waals surface area contributed by atoms with Gasteiger partial charge in [0.1, 0.15) is 12.1 Å². The first-order valence-electron chi connectivity index (χ1n) is 10.7. The number of carboxylic acid groups (broad SMARTS) is 1. The SMILES string of the molecule is CCOC(=O)[C@H](CSCC(=O)NC1CCCC1)NC(C)C(=O)N1CCC[C@H]1C(=O)O. The fourth-order valence-corrected chi connectivity index (χ4v) is 4.80. The van der Waals surface area contributed by atoms with E-state index in [1.165, 1.54) is 16.7 Å². The number of nitrogens with zero attached hydrogens (tertiary/aromatic N) is 1. The Bertz CT molecular complexity index is 626. The van der Waals surface area contributed by atoms with Gasteiger partial charge in [-0.05, 0) is 39.5 Å². The van der Waals surface area contributed by atoms with Crippen molar-refractivity contribution in [3.05, 3.63) is 0 Å². The number of carbonyl (C=O) groups is 4. The summed E-state index contributed by atoms with van der Waals surface area (Å²) in [5.41, 5.74) is 0. The van der Waals surface area contributed by atoms with Crippen molar-refractivity contribution in [3.8, 4) is 0 Å². The number of likely N-dealkylation sites (tertiary alicyclic amines) is 1. The Morgan fingerprint density at radius 3 is 2.50 bits per heavy atom. The zero-order valence-corrected chi connectivity index (χ0v) is 18.5. The average molecular weight is 444 g/mol. The molecule has 1 heterocycles. The average Bonchev–Trinajstić information content (AvgIpc) is 3.38. The van der Waals surface area contributed by atoms with Crippen molar-refractivity contribution in [2.75, 3.05) is 24.7 Å². The summed E-state index contributed by atoms with van der Waals surface area (Å²) >= 11 is 1.30. The summed E-state index contributed by atoms with van der Waals surface area (Å²) in [6.45, 7) is 3.91. The fraction of sp³-hybridized carbons (Fsp3) is 0.800. The minimum atomic E-state index is -1.01. The van der Waals surface area contributed by atoms with Crippen LogP contribution in [0.25, 0.3) is 0 Å². The molecule has 2 amide bonds. The van der Waals surface area contributed by atoms with Crippen LogP contribution in [-0.2, 0) is 23.9 Å². The van der Waals surface area contributed by atoms with Gasteiger partial charge in [-0.25, -0.2) is 4.79 Å². The summed E-state index contributed by atoms with van der Waals surface area (Å²) in [6, 6.07) is -2.08. The van der Waals surface area contributed by atoms with Gasteiger partial charge in [-0.1, -0.05) is 12.8 Å². The Morgan fingerprint density at radius 1 is 1.17 bits per heavy atom. The molecule has 9 nitrogen and oxygen atoms in total. The van der Waals surface area contributed by atoms with Gasteiger partial charge >= 0.3 is 11.9 Å². The maximum Gasteiger partial charge on any atom is 0.326 e. The Balaban J connectivity index is 1.87. The first-order valence-corrected chi connectivity index (χ1v) is 11.8. The molecule has 1 unspecified atom stereocenters. The van der Waals surface area contributed by atoms with E-state index in [4.69, 9.17) is 4.74 Å². The molecular formula is C20H33N3O6S. The molecule has 3 atom stereocenters. The van der Waals surface area contributed by atoms with Crippen LogP contribution in [0, 0.1) is 0 Å². The monoisotopic (exact) mass is 443 g/mol. The quantitative estimate of drug-likeness (QED) is 0.400. The van der Waals surface area contributed by atoms with Crippen LogP contribution in [-0.4, -0.2) is 82.6 Å². The molecule has 1 saturated carbocycles. The summed E-state index contributed by atoms with van der Waals surface area (Å²) in [5, 5.41) is 15.3. The normalized spacial score (nSPS) is 21.3. The highest BCUT2D eigenvalue weighted by molar-refractivity contribution is 8.00. The standard InChI is InChI=1S/C20H33N3O6S/c1-3-29-20(28)15(11-30-12-17(24)22-14-7-4-5-8-14)21-13(2)18(25)23-10-6-9-16(23)19(26)27/h13-16,21H,3-12H2,1-2H3,(H,22,24)(H,26,27)/t13?,15-,16-/m0/s1. The molecule has 2 fully saturated rings. The second kappa shape index (κ2) is 12.1. The second-order valence-corrected chi connectivity index (χ2v) is 8.82. The summed E-state index contributed by atoms with van der Waals surface area (Å²) in [4.78, 5) is 49.9. The summed E-state index contributed by atoms with van der Waals surface area (Å²) < 4.78 is 5.10. The van der Waals surface area contributed by atoms with Gasteiger partial charge in [0.05, 0.1) is 18.4 Å². The zero-order chi connectivity index (χ0) is 22.1. The van der Waals surface area contributed by atoms with Crippen LogP contribution in [0.1, 0.15) is 52.4 Å². The van der Waals surface area contributed by atoms with Crippen molar-refractivity contribution in [1.82, 2.24) is 15.5 Å². The van der Waals surface area contributed by atoms with E-state index in [2.05, 4.69) is 10.6 Å². The molecular weight excluding hydrogens is 410 g/mol. The maximum absolute atomic E-state index is 12.7. The molecule has 30 heavy (non-hydrogen) atoms. The number of aliphatic carboxylic acids is 1. The second-order valence-electron chi connectivity index (χ2n) is 7.78. The molecule has 0 aromatic carbocycles. The molecule has 0 bridgehead atoms. The van der Waals surface area contributed by atoms with Crippen molar-refractivity contribution in [2.45, 2.75) is 76.5 Å². The molecule has 1 aliphatic carbocycles. The lowest BCUT2D eigenvalue weighted by molar-refractivity contribution is -0.150. The Morgan fingerprint density at radius 2 is 1.87 bits per heavy atom. The van der Waals surface area contributed by atoms with Gasteiger partial charge in [0.2, 0.25) is 11.8 Å². The Labute approximate surface area is 181 Å². The van der Waals surface area contributed by atoms with Crippen LogP contribution in [0.15, 0.2) is 0 Å². The van der Waals surface area contributed by atoms with E-state index in [-0.39, 0.29) is 36.0 Å².